The summed E-state index contributed by atoms with van der Waals surface area (Å²) in [6.45, 7) is 2.47. The summed E-state index contributed by atoms with van der Waals surface area (Å²) in [4.78, 5) is 32.7. The van der Waals surface area contributed by atoms with Crippen LogP contribution in [0.3, 0.4) is 0 Å². The van der Waals surface area contributed by atoms with Gasteiger partial charge in [-0.1, -0.05) is 97.1 Å². The number of methoxy groups -OCH3 is 1. The van der Waals surface area contributed by atoms with E-state index in [2.05, 4.69) is 82.6 Å². The fourth-order valence-electron chi connectivity index (χ4n) is 10.9. The van der Waals surface area contributed by atoms with Gasteiger partial charge in [-0.05, 0) is 80.2 Å². The summed E-state index contributed by atoms with van der Waals surface area (Å²) < 4.78 is 13.2. The first-order valence-corrected chi connectivity index (χ1v) is 20.2. The number of ether oxygens (including phenoxy) is 2. The summed E-state index contributed by atoms with van der Waals surface area (Å²) in [7, 11) is 1.73. The van der Waals surface area contributed by atoms with Gasteiger partial charge in [-0.3, -0.25) is 14.5 Å². The molecule has 0 radical (unpaired) electrons. The molecule has 2 saturated carbocycles. The molecule has 1 amide bonds. The molecule has 2 unspecified atom stereocenters. The second-order valence-corrected chi connectivity index (χ2v) is 16.5. The number of amides is 1. The van der Waals surface area contributed by atoms with E-state index in [4.69, 9.17) is 9.47 Å². The van der Waals surface area contributed by atoms with E-state index in [0.717, 1.165) is 62.3 Å². The fraction of sp³-hybridized carbons (Fsp3) is 0.447. The third-order valence-electron chi connectivity index (χ3n) is 13.6. The lowest BCUT2D eigenvalue weighted by Crippen LogP contribution is -2.69. The number of benzene rings is 4. The fourth-order valence-corrected chi connectivity index (χ4v) is 10.9. The summed E-state index contributed by atoms with van der Waals surface area (Å²) in [5.74, 6) is 2.71. The minimum atomic E-state index is -0.209. The van der Waals surface area contributed by atoms with Crippen molar-refractivity contribution in [2.24, 2.45) is 11.8 Å². The minimum Gasteiger partial charge on any atom is -0.493 e. The molecular weight excluding hydrogens is 673 g/mol. The van der Waals surface area contributed by atoms with Gasteiger partial charge in [0.1, 0.15) is 6.10 Å². The Morgan fingerprint density at radius 2 is 1.57 bits per heavy atom. The maximum absolute atomic E-state index is 14.9. The highest BCUT2D eigenvalue weighted by Crippen LogP contribution is 2.64. The zero-order valence-electron chi connectivity index (χ0n) is 31.3. The number of piperidine rings is 1. The molecule has 9 rings (SSSR count). The SMILES string of the molecule is COc1ccc2c3c1O[C@H]1[C@@H](N(CC(c4ccccc4)c4ccccc4)C(=O)CCCCC(=O)c4ccccc4)CC[C@H]4[C@@H](C2)N(CC2CC2O)CC[C@@]341. The third-order valence-corrected chi connectivity index (χ3v) is 13.6. The molecule has 3 aliphatic carbocycles. The van der Waals surface area contributed by atoms with Crippen molar-refractivity contribution in [2.75, 3.05) is 26.7 Å². The first kappa shape index (κ1) is 35.3. The number of likely N-dealkylation sites (tertiary alicyclic amines) is 1. The van der Waals surface area contributed by atoms with Crippen molar-refractivity contribution in [3.63, 3.8) is 0 Å². The number of aliphatic hydroxyl groups excluding tert-OH is 1. The summed E-state index contributed by atoms with van der Waals surface area (Å²) in [6, 6.07) is 35.3. The summed E-state index contributed by atoms with van der Waals surface area (Å²) >= 11 is 0. The number of unbranched alkanes of at least 4 members (excludes halogenated alkanes) is 1. The first-order valence-electron chi connectivity index (χ1n) is 20.2. The predicted molar refractivity (Wildman–Crippen MR) is 209 cm³/mol. The van der Waals surface area contributed by atoms with Gasteiger partial charge in [0.15, 0.2) is 17.3 Å². The molecule has 1 spiro atoms. The van der Waals surface area contributed by atoms with Crippen molar-refractivity contribution in [3.05, 3.63) is 131 Å². The molecule has 3 fully saturated rings. The number of carbonyl (C=O) groups is 2. The second-order valence-electron chi connectivity index (χ2n) is 16.5. The number of Topliss-reactive ketones (excluding diaryl/α,β-unsaturated/α-hetero) is 1. The lowest BCUT2D eigenvalue weighted by atomic mass is 9.51. The molecule has 1 saturated heterocycles. The van der Waals surface area contributed by atoms with Crippen LogP contribution in [0.25, 0.3) is 0 Å². The number of rotatable bonds is 14. The molecule has 2 aliphatic heterocycles. The maximum atomic E-state index is 14.9. The van der Waals surface area contributed by atoms with E-state index in [1.165, 1.54) is 22.3 Å². The molecule has 7 heteroatoms. The number of hydrogen-bond acceptors (Lipinski definition) is 6. The van der Waals surface area contributed by atoms with Crippen LogP contribution in [0.5, 0.6) is 11.5 Å². The number of aliphatic hydroxyl groups is 1. The Bertz CT molecular complexity index is 1930. The van der Waals surface area contributed by atoms with Crippen LogP contribution < -0.4 is 9.47 Å². The molecule has 2 bridgehead atoms. The molecule has 4 aromatic rings. The van der Waals surface area contributed by atoms with E-state index in [0.29, 0.717) is 50.1 Å². The van der Waals surface area contributed by atoms with Gasteiger partial charge in [0.25, 0.3) is 0 Å². The van der Waals surface area contributed by atoms with E-state index >= 15 is 0 Å². The van der Waals surface area contributed by atoms with Crippen LogP contribution >= 0.6 is 0 Å². The normalized spacial score (nSPS) is 27.5. The molecule has 54 heavy (non-hydrogen) atoms. The van der Waals surface area contributed by atoms with E-state index in [-0.39, 0.29) is 41.3 Å². The number of carbonyl (C=O) groups excluding carboxylic acids is 2. The van der Waals surface area contributed by atoms with Gasteiger partial charge in [0, 0.05) is 60.4 Å². The standard InChI is InChI=1S/C47H52N2O5/c1-53-42-24-21-34-27-39-37-22-23-38(46-47(37,44(34)45(42)54-46)25-26-48(39)29-35-28-41(35)51)49(43(52)20-12-11-19-40(50)33-17-9-4-10-18-33)30-36(31-13-5-2-6-14-31)32-15-7-3-8-16-32/h2-10,13-18,21,24,35-39,41,46,51H,11-12,19-20,22-23,25-30H2,1H3/t35?,37-,38-,39+,41?,46-,47-/m0/s1. The Morgan fingerprint density at radius 1 is 0.907 bits per heavy atom. The van der Waals surface area contributed by atoms with Crippen LogP contribution in [0.4, 0.5) is 0 Å². The first-order chi connectivity index (χ1) is 26.5. The Balaban J connectivity index is 1.05. The van der Waals surface area contributed by atoms with Gasteiger partial charge in [-0.25, -0.2) is 0 Å². The van der Waals surface area contributed by atoms with Gasteiger partial charge in [0.05, 0.1) is 19.3 Å². The number of hydrogen-bond donors (Lipinski definition) is 1. The second kappa shape index (κ2) is 14.6. The molecular formula is C47H52N2O5. The van der Waals surface area contributed by atoms with Gasteiger partial charge < -0.3 is 19.5 Å². The van der Waals surface area contributed by atoms with Crippen LogP contribution in [0, 0.1) is 11.8 Å². The zero-order valence-corrected chi connectivity index (χ0v) is 31.3. The average Bonchev–Trinajstić information content (AvgIpc) is 3.80. The van der Waals surface area contributed by atoms with Gasteiger partial charge in [0.2, 0.25) is 5.91 Å². The van der Waals surface area contributed by atoms with Crippen LogP contribution in [-0.2, 0) is 16.6 Å². The van der Waals surface area contributed by atoms with Crippen molar-refractivity contribution in [2.45, 2.75) is 93.4 Å². The molecule has 1 N–H and O–H groups in total. The molecule has 0 aromatic heterocycles. The topological polar surface area (TPSA) is 79.3 Å². The number of ketones is 1. The molecule has 7 nitrogen and oxygen atoms in total. The monoisotopic (exact) mass is 724 g/mol. The quantitative estimate of drug-likeness (QED) is 0.107. The highest BCUT2D eigenvalue weighted by Gasteiger charge is 2.67. The smallest absolute Gasteiger partial charge is 0.222 e. The highest BCUT2D eigenvalue weighted by molar-refractivity contribution is 5.96. The molecule has 7 atom stereocenters. The lowest BCUT2D eigenvalue weighted by molar-refractivity contribution is -0.143. The maximum Gasteiger partial charge on any atom is 0.222 e. The zero-order chi connectivity index (χ0) is 36.8. The molecule has 4 aromatic carbocycles. The number of nitrogens with zero attached hydrogens (tertiary/aromatic N) is 2. The summed E-state index contributed by atoms with van der Waals surface area (Å²) in [5, 5.41) is 10.3. The molecule has 5 aliphatic rings. The van der Waals surface area contributed by atoms with Crippen LogP contribution in [-0.4, -0.2) is 77.6 Å². The van der Waals surface area contributed by atoms with Crippen LogP contribution in [0.2, 0.25) is 0 Å². The van der Waals surface area contributed by atoms with Crippen molar-refractivity contribution >= 4 is 11.7 Å². The Morgan fingerprint density at radius 3 is 2.24 bits per heavy atom. The van der Waals surface area contributed by atoms with Crippen molar-refractivity contribution in [1.82, 2.24) is 9.80 Å². The molecule has 2 heterocycles. The van der Waals surface area contributed by atoms with Gasteiger partial charge >= 0.3 is 0 Å². The Labute approximate surface area is 319 Å². The van der Waals surface area contributed by atoms with Crippen LogP contribution in [0.1, 0.15) is 89.9 Å². The van der Waals surface area contributed by atoms with Crippen molar-refractivity contribution in [1.29, 1.82) is 0 Å². The van der Waals surface area contributed by atoms with E-state index in [1.807, 2.05) is 30.3 Å². The van der Waals surface area contributed by atoms with Gasteiger partial charge in [-0.2, -0.15) is 0 Å². The molecule has 280 valence electrons. The lowest BCUT2D eigenvalue weighted by Gasteiger charge is -2.60. The van der Waals surface area contributed by atoms with Gasteiger partial charge in [-0.15, -0.1) is 0 Å². The Kier molecular flexibility index (Phi) is 9.56. The van der Waals surface area contributed by atoms with Crippen molar-refractivity contribution < 1.29 is 24.2 Å². The average molecular weight is 725 g/mol. The van der Waals surface area contributed by atoms with E-state index in [1.54, 1.807) is 7.11 Å². The minimum absolute atomic E-state index is 0.00831. The van der Waals surface area contributed by atoms with Crippen molar-refractivity contribution in [3.8, 4) is 11.5 Å². The van der Waals surface area contributed by atoms with Crippen LogP contribution in [0.15, 0.2) is 103 Å². The summed E-state index contributed by atoms with van der Waals surface area (Å²) in [6.07, 6.45) is 6.55. The predicted octanol–water partition coefficient (Wildman–Crippen LogP) is 7.59. The largest absolute Gasteiger partial charge is 0.493 e. The third kappa shape index (κ3) is 6.23. The Hall–Kier alpha value is -4.46. The van der Waals surface area contributed by atoms with E-state index < -0.39 is 0 Å². The summed E-state index contributed by atoms with van der Waals surface area (Å²) in [5.41, 5.74) is 5.58. The highest BCUT2D eigenvalue weighted by atomic mass is 16.5. The van der Waals surface area contributed by atoms with E-state index in [9.17, 15) is 14.7 Å².